The molecule has 0 aliphatic heterocycles. The Hall–Kier alpha value is -1.33. The number of aromatic nitrogens is 2. The molecule has 0 amide bonds. The van der Waals surface area contributed by atoms with Crippen LogP contribution in [0.2, 0.25) is 0 Å². The maximum atomic E-state index is 11.2. The smallest absolute Gasteiger partial charge is 0.280 e. The van der Waals surface area contributed by atoms with Crippen molar-refractivity contribution in [1.29, 1.82) is 0 Å². The van der Waals surface area contributed by atoms with E-state index in [1.165, 1.54) is 23.7 Å². The lowest BCUT2D eigenvalue weighted by atomic mass is 9.83. The van der Waals surface area contributed by atoms with Crippen LogP contribution < -0.4 is 0 Å². The molecular formula is C14H15ClN2O2S. The number of nitrogens with zero attached hydrogens (tertiary/aromatic N) is 2. The molecule has 20 heavy (non-hydrogen) atoms. The fourth-order valence-corrected chi connectivity index (χ4v) is 3.54. The van der Waals surface area contributed by atoms with Gasteiger partial charge in [-0.25, -0.2) is 13.4 Å². The van der Waals surface area contributed by atoms with Crippen molar-refractivity contribution in [3.63, 3.8) is 0 Å². The summed E-state index contributed by atoms with van der Waals surface area (Å²) in [5.41, 5.74) is 2.76. The lowest BCUT2D eigenvalue weighted by Crippen LogP contribution is -2.14. The molecule has 106 valence electrons. The maximum absolute atomic E-state index is 11.2. The van der Waals surface area contributed by atoms with Crippen LogP contribution in [-0.2, 0) is 22.0 Å². The van der Waals surface area contributed by atoms with Gasteiger partial charge in [-0.15, -0.1) is 0 Å². The van der Waals surface area contributed by atoms with Crippen molar-refractivity contribution in [2.45, 2.75) is 36.8 Å². The van der Waals surface area contributed by atoms with E-state index < -0.39 is 9.05 Å². The van der Waals surface area contributed by atoms with Crippen LogP contribution in [0.4, 0.5) is 0 Å². The Balaban J connectivity index is 1.84. The molecule has 0 radical (unpaired) electrons. The number of fused-ring (bicyclic) bond motifs is 1. The number of aryl methyl sites for hydroxylation is 1. The Labute approximate surface area is 122 Å². The fraction of sp³-hybridized carbons (Fsp3) is 0.357. The molecule has 0 fully saturated rings. The zero-order valence-corrected chi connectivity index (χ0v) is 12.4. The standard InChI is InChI=1S/C14H15ClN2O2S/c15-20(18,19)14-9-17(10-16-14)8-12-6-3-5-11-4-1-2-7-13(11)12/h1-2,4,7,9-10,12H,3,5-6,8H2. The summed E-state index contributed by atoms with van der Waals surface area (Å²) in [7, 11) is 1.55. The zero-order valence-electron chi connectivity index (χ0n) is 10.9. The third-order valence-electron chi connectivity index (χ3n) is 3.78. The summed E-state index contributed by atoms with van der Waals surface area (Å²) < 4.78 is 24.3. The summed E-state index contributed by atoms with van der Waals surface area (Å²) in [4.78, 5) is 3.85. The molecule has 0 saturated heterocycles. The van der Waals surface area contributed by atoms with E-state index in [0.717, 1.165) is 25.8 Å². The molecule has 0 N–H and O–H groups in total. The average Bonchev–Trinajstić information content (AvgIpc) is 2.88. The lowest BCUT2D eigenvalue weighted by molar-refractivity contribution is 0.482. The van der Waals surface area contributed by atoms with Crippen molar-refractivity contribution in [1.82, 2.24) is 9.55 Å². The minimum Gasteiger partial charge on any atom is -0.335 e. The van der Waals surface area contributed by atoms with Gasteiger partial charge in [0.15, 0.2) is 5.03 Å². The molecule has 1 atom stereocenters. The number of benzene rings is 1. The van der Waals surface area contributed by atoms with Crippen molar-refractivity contribution in [3.05, 3.63) is 47.9 Å². The minimum atomic E-state index is -3.74. The van der Waals surface area contributed by atoms with Gasteiger partial charge in [0.1, 0.15) is 0 Å². The number of halogens is 1. The van der Waals surface area contributed by atoms with Gasteiger partial charge in [0, 0.05) is 29.3 Å². The van der Waals surface area contributed by atoms with E-state index in [0.29, 0.717) is 5.92 Å². The van der Waals surface area contributed by atoms with Gasteiger partial charge in [-0.05, 0) is 30.4 Å². The molecule has 4 nitrogen and oxygen atoms in total. The topological polar surface area (TPSA) is 52.0 Å². The van der Waals surface area contributed by atoms with Crippen molar-refractivity contribution in [2.24, 2.45) is 0 Å². The number of hydrogen-bond acceptors (Lipinski definition) is 3. The van der Waals surface area contributed by atoms with Crippen LogP contribution in [0.3, 0.4) is 0 Å². The third kappa shape index (κ3) is 2.74. The van der Waals surface area contributed by atoms with E-state index in [1.54, 1.807) is 0 Å². The molecule has 0 bridgehead atoms. The van der Waals surface area contributed by atoms with Gasteiger partial charge in [0.2, 0.25) is 0 Å². The van der Waals surface area contributed by atoms with Crippen molar-refractivity contribution in [3.8, 4) is 0 Å². The molecule has 6 heteroatoms. The summed E-state index contributed by atoms with van der Waals surface area (Å²) in [5.74, 6) is 0.403. The highest BCUT2D eigenvalue weighted by Gasteiger charge is 2.21. The highest BCUT2D eigenvalue weighted by Crippen LogP contribution is 2.32. The fourth-order valence-electron chi connectivity index (χ4n) is 2.86. The number of imidazole rings is 1. The Morgan fingerprint density at radius 1 is 1.35 bits per heavy atom. The molecule has 1 unspecified atom stereocenters. The van der Waals surface area contributed by atoms with Gasteiger partial charge in [0.05, 0.1) is 6.33 Å². The molecule has 1 aromatic heterocycles. The molecular weight excluding hydrogens is 296 g/mol. The molecule has 1 aliphatic carbocycles. The van der Waals surface area contributed by atoms with Gasteiger partial charge < -0.3 is 4.57 Å². The van der Waals surface area contributed by atoms with Gasteiger partial charge in [0.25, 0.3) is 9.05 Å². The van der Waals surface area contributed by atoms with E-state index in [9.17, 15) is 8.42 Å². The quantitative estimate of drug-likeness (QED) is 0.819. The summed E-state index contributed by atoms with van der Waals surface area (Å²) in [6.07, 6.45) is 6.43. The second kappa shape index (κ2) is 5.22. The molecule has 1 aromatic carbocycles. The van der Waals surface area contributed by atoms with Crippen LogP contribution >= 0.6 is 10.7 Å². The zero-order chi connectivity index (χ0) is 14.2. The van der Waals surface area contributed by atoms with Crippen molar-refractivity contribution in [2.75, 3.05) is 0 Å². The SMILES string of the molecule is O=S(=O)(Cl)c1cn(CC2CCCc3ccccc32)cn1. The van der Waals surface area contributed by atoms with Crippen LogP contribution in [-0.4, -0.2) is 18.0 Å². The summed E-state index contributed by atoms with van der Waals surface area (Å²) in [5, 5.41) is -0.0803. The van der Waals surface area contributed by atoms with Crippen LogP contribution in [0.5, 0.6) is 0 Å². The van der Waals surface area contributed by atoms with Gasteiger partial charge in [-0.1, -0.05) is 24.3 Å². The van der Waals surface area contributed by atoms with E-state index in [4.69, 9.17) is 10.7 Å². The molecule has 1 heterocycles. The minimum absolute atomic E-state index is 0.0803. The first-order chi connectivity index (χ1) is 9.54. The normalized spacial score (nSPS) is 18.8. The monoisotopic (exact) mass is 310 g/mol. The van der Waals surface area contributed by atoms with E-state index in [1.807, 2.05) is 4.57 Å². The number of hydrogen-bond donors (Lipinski definition) is 0. The van der Waals surface area contributed by atoms with Gasteiger partial charge in [-0.3, -0.25) is 0 Å². The second-order valence-electron chi connectivity index (χ2n) is 5.13. The highest BCUT2D eigenvalue weighted by molar-refractivity contribution is 8.13. The summed E-state index contributed by atoms with van der Waals surface area (Å²) in [6, 6.07) is 8.45. The first kappa shape index (κ1) is 13.6. The third-order valence-corrected chi connectivity index (χ3v) is 4.97. The van der Waals surface area contributed by atoms with Crippen LogP contribution in [0.1, 0.15) is 29.9 Å². The predicted octanol–water partition coefficient (Wildman–Crippen LogP) is 2.93. The van der Waals surface area contributed by atoms with Crippen molar-refractivity contribution >= 4 is 19.7 Å². The van der Waals surface area contributed by atoms with Crippen molar-refractivity contribution < 1.29 is 8.42 Å². The first-order valence-electron chi connectivity index (χ1n) is 6.58. The summed E-state index contributed by atoms with van der Waals surface area (Å²) in [6.45, 7) is 0.733. The largest absolute Gasteiger partial charge is 0.335 e. The summed E-state index contributed by atoms with van der Waals surface area (Å²) >= 11 is 0. The Morgan fingerprint density at radius 2 is 2.15 bits per heavy atom. The molecule has 0 spiro atoms. The average molecular weight is 311 g/mol. The first-order valence-corrected chi connectivity index (χ1v) is 8.89. The Bertz CT molecular complexity index is 724. The van der Waals surface area contributed by atoms with E-state index in [2.05, 4.69) is 29.2 Å². The Morgan fingerprint density at radius 3 is 2.90 bits per heavy atom. The lowest BCUT2D eigenvalue weighted by Gasteiger charge is -2.25. The van der Waals surface area contributed by atoms with Crippen LogP contribution in [0, 0.1) is 0 Å². The van der Waals surface area contributed by atoms with Crippen LogP contribution in [0.15, 0.2) is 41.8 Å². The van der Waals surface area contributed by atoms with Gasteiger partial charge >= 0.3 is 0 Å². The van der Waals surface area contributed by atoms with E-state index in [-0.39, 0.29) is 5.03 Å². The molecule has 2 aromatic rings. The Kier molecular flexibility index (Phi) is 3.56. The highest BCUT2D eigenvalue weighted by atomic mass is 35.7. The van der Waals surface area contributed by atoms with E-state index >= 15 is 0 Å². The molecule has 3 rings (SSSR count). The molecule has 1 aliphatic rings. The van der Waals surface area contributed by atoms with Crippen LogP contribution in [0.25, 0.3) is 0 Å². The number of rotatable bonds is 3. The maximum Gasteiger partial charge on any atom is 0.280 e. The predicted molar refractivity (Wildman–Crippen MR) is 77.4 cm³/mol. The second-order valence-corrected chi connectivity index (χ2v) is 7.65. The molecule has 0 saturated carbocycles. The van der Waals surface area contributed by atoms with Gasteiger partial charge in [-0.2, -0.15) is 0 Å².